The third kappa shape index (κ3) is 5.39. The van der Waals surface area contributed by atoms with Gasteiger partial charge in [0.1, 0.15) is 0 Å². The van der Waals surface area contributed by atoms with Crippen LogP contribution in [0.4, 0.5) is 0 Å². The Bertz CT molecular complexity index is 157. The van der Waals surface area contributed by atoms with E-state index >= 15 is 0 Å². The second-order valence-corrected chi connectivity index (χ2v) is 5.73. The van der Waals surface area contributed by atoms with Crippen molar-refractivity contribution in [3.8, 4) is 0 Å². The molecule has 0 N–H and O–H groups in total. The predicted molar refractivity (Wildman–Crippen MR) is 76.4 cm³/mol. The van der Waals surface area contributed by atoms with Gasteiger partial charge in [0.2, 0.25) is 0 Å². The molecule has 2 fully saturated rings. The van der Waals surface area contributed by atoms with Crippen LogP contribution < -0.4 is 0 Å². The summed E-state index contributed by atoms with van der Waals surface area (Å²) in [5.41, 5.74) is 0. The number of rotatable bonds is 2. The Morgan fingerprint density at radius 3 is 1.94 bits per heavy atom. The van der Waals surface area contributed by atoms with Gasteiger partial charge in [-0.3, -0.25) is 0 Å². The van der Waals surface area contributed by atoms with Gasteiger partial charge in [0.25, 0.3) is 0 Å². The summed E-state index contributed by atoms with van der Waals surface area (Å²) in [6.07, 6.45) is 5.90. The Balaban J connectivity index is 0.000000686. The van der Waals surface area contributed by atoms with Crippen LogP contribution in [-0.4, -0.2) is 49.6 Å². The van der Waals surface area contributed by atoms with Crippen molar-refractivity contribution in [1.29, 1.82) is 0 Å². The lowest BCUT2D eigenvalue weighted by Gasteiger charge is -2.36. The molecule has 0 aromatic rings. The van der Waals surface area contributed by atoms with Gasteiger partial charge in [-0.15, -0.1) is 0 Å². The lowest BCUT2D eigenvalue weighted by atomic mass is 9.83. The van der Waals surface area contributed by atoms with Crippen LogP contribution in [0, 0.1) is 11.8 Å². The predicted octanol–water partition coefficient (Wildman–Crippen LogP) is 3.09. The average Bonchev–Trinajstić information content (AvgIpc) is 2.37. The fraction of sp³-hybridized carbons (Fsp3) is 1.00. The highest BCUT2D eigenvalue weighted by Gasteiger charge is 2.22. The number of piperazine rings is 1. The van der Waals surface area contributed by atoms with Gasteiger partial charge in [-0.1, -0.05) is 33.6 Å². The van der Waals surface area contributed by atoms with Crippen LogP contribution >= 0.6 is 0 Å². The first-order chi connectivity index (χ1) is 8.24. The summed E-state index contributed by atoms with van der Waals surface area (Å²) in [5, 5.41) is 0. The standard InChI is InChI=1S/C13H26N2.C2H6/c1-12-3-5-13(6-4-12)11-15-9-7-14(2)8-10-15;1-2/h12-13H,3-11H2,1-2H3;1-2H3. The maximum Gasteiger partial charge on any atom is 0.0110 e. The normalized spacial score (nSPS) is 31.8. The van der Waals surface area contributed by atoms with Gasteiger partial charge in [0, 0.05) is 32.7 Å². The number of nitrogens with zero attached hydrogens (tertiary/aromatic N) is 2. The van der Waals surface area contributed by atoms with Gasteiger partial charge >= 0.3 is 0 Å². The minimum atomic E-state index is 0.994. The first-order valence-corrected chi connectivity index (χ1v) is 7.65. The van der Waals surface area contributed by atoms with Crippen LogP contribution in [0.3, 0.4) is 0 Å². The molecule has 1 saturated carbocycles. The van der Waals surface area contributed by atoms with Crippen molar-refractivity contribution >= 4 is 0 Å². The molecule has 2 heteroatoms. The smallest absolute Gasteiger partial charge is 0.0110 e. The molecular weight excluding hydrogens is 208 g/mol. The molecule has 0 radical (unpaired) electrons. The molecule has 0 atom stereocenters. The van der Waals surface area contributed by atoms with Crippen LogP contribution in [0.2, 0.25) is 0 Å². The first-order valence-electron chi connectivity index (χ1n) is 7.65. The van der Waals surface area contributed by atoms with Crippen molar-refractivity contribution < 1.29 is 0 Å². The van der Waals surface area contributed by atoms with E-state index in [4.69, 9.17) is 0 Å². The molecule has 2 nitrogen and oxygen atoms in total. The van der Waals surface area contributed by atoms with E-state index in [1.165, 1.54) is 58.4 Å². The van der Waals surface area contributed by atoms with Crippen LogP contribution in [0.5, 0.6) is 0 Å². The largest absolute Gasteiger partial charge is 0.304 e. The molecule has 1 saturated heterocycles. The van der Waals surface area contributed by atoms with Gasteiger partial charge < -0.3 is 9.80 Å². The lowest BCUT2D eigenvalue weighted by Crippen LogP contribution is -2.46. The van der Waals surface area contributed by atoms with E-state index in [1.54, 1.807) is 0 Å². The number of hydrogen-bond acceptors (Lipinski definition) is 2. The molecule has 1 aliphatic heterocycles. The van der Waals surface area contributed by atoms with E-state index in [-0.39, 0.29) is 0 Å². The van der Waals surface area contributed by atoms with Crippen LogP contribution in [0.25, 0.3) is 0 Å². The van der Waals surface area contributed by atoms with Crippen molar-refractivity contribution in [2.45, 2.75) is 46.5 Å². The van der Waals surface area contributed by atoms with Crippen LogP contribution in [0.15, 0.2) is 0 Å². The molecule has 1 aliphatic carbocycles. The third-order valence-electron chi connectivity index (χ3n) is 4.25. The molecule has 0 spiro atoms. The molecule has 0 aromatic heterocycles. The molecule has 17 heavy (non-hydrogen) atoms. The van der Waals surface area contributed by atoms with Gasteiger partial charge in [-0.25, -0.2) is 0 Å². The van der Waals surface area contributed by atoms with E-state index in [2.05, 4.69) is 23.8 Å². The minimum Gasteiger partial charge on any atom is -0.304 e. The summed E-state index contributed by atoms with van der Waals surface area (Å²) in [7, 11) is 2.24. The second-order valence-electron chi connectivity index (χ2n) is 5.73. The van der Waals surface area contributed by atoms with E-state index in [1.807, 2.05) is 13.8 Å². The van der Waals surface area contributed by atoms with Crippen molar-refractivity contribution in [2.75, 3.05) is 39.8 Å². The molecule has 0 amide bonds. The van der Waals surface area contributed by atoms with E-state index in [0.29, 0.717) is 0 Å². The highest BCUT2D eigenvalue weighted by atomic mass is 15.2. The Labute approximate surface area is 108 Å². The topological polar surface area (TPSA) is 6.48 Å². The zero-order chi connectivity index (χ0) is 12.7. The molecule has 1 heterocycles. The fourth-order valence-corrected chi connectivity index (χ4v) is 2.91. The summed E-state index contributed by atoms with van der Waals surface area (Å²) in [4.78, 5) is 5.13. The van der Waals surface area contributed by atoms with Crippen LogP contribution in [0.1, 0.15) is 46.5 Å². The minimum absolute atomic E-state index is 0.994. The third-order valence-corrected chi connectivity index (χ3v) is 4.25. The van der Waals surface area contributed by atoms with Crippen molar-refractivity contribution in [1.82, 2.24) is 9.80 Å². The number of hydrogen-bond donors (Lipinski definition) is 0. The Hall–Kier alpha value is -0.0800. The number of likely N-dealkylation sites (N-methyl/N-ethyl adjacent to an activating group) is 1. The highest BCUT2D eigenvalue weighted by Crippen LogP contribution is 2.28. The lowest BCUT2D eigenvalue weighted by molar-refractivity contribution is 0.120. The molecular formula is C15H32N2. The zero-order valence-corrected chi connectivity index (χ0v) is 12.4. The second kappa shape index (κ2) is 8.10. The molecule has 2 aliphatic rings. The zero-order valence-electron chi connectivity index (χ0n) is 12.4. The van der Waals surface area contributed by atoms with Crippen molar-refractivity contribution in [3.63, 3.8) is 0 Å². The van der Waals surface area contributed by atoms with Gasteiger partial charge in [0.15, 0.2) is 0 Å². The van der Waals surface area contributed by atoms with E-state index < -0.39 is 0 Å². The van der Waals surface area contributed by atoms with Gasteiger partial charge in [0.05, 0.1) is 0 Å². The van der Waals surface area contributed by atoms with E-state index in [0.717, 1.165) is 11.8 Å². The first kappa shape index (κ1) is 15.0. The quantitative estimate of drug-likeness (QED) is 0.732. The van der Waals surface area contributed by atoms with Gasteiger partial charge in [-0.2, -0.15) is 0 Å². The Morgan fingerprint density at radius 2 is 1.41 bits per heavy atom. The van der Waals surface area contributed by atoms with Crippen molar-refractivity contribution in [3.05, 3.63) is 0 Å². The molecule has 102 valence electrons. The maximum atomic E-state index is 2.68. The summed E-state index contributed by atoms with van der Waals surface area (Å²) in [6.45, 7) is 12.9. The highest BCUT2D eigenvalue weighted by molar-refractivity contribution is 4.76. The summed E-state index contributed by atoms with van der Waals surface area (Å²) in [5.74, 6) is 2.00. The monoisotopic (exact) mass is 240 g/mol. The summed E-state index contributed by atoms with van der Waals surface area (Å²) >= 11 is 0. The maximum absolute atomic E-state index is 2.68. The van der Waals surface area contributed by atoms with E-state index in [9.17, 15) is 0 Å². The summed E-state index contributed by atoms with van der Waals surface area (Å²) < 4.78 is 0. The SMILES string of the molecule is CC.CC1CCC(CN2CCN(C)CC2)CC1. The molecule has 0 aromatic carbocycles. The fourth-order valence-electron chi connectivity index (χ4n) is 2.91. The molecule has 0 unspecified atom stereocenters. The Morgan fingerprint density at radius 1 is 0.882 bits per heavy atom. The average molecular weight is 240 g/mol. The summed E-state index contributed by atoms with van der Waals surface area (Å²) in [6, 6.07) is 0. The molecule has 0 bridgehead atoms. The molecule has 2 rings (SSSR count). The van der Waals surface area contributed by atoms with Crippen LogP contribution in [-0.2, 0) is 0 Å². The van der Waals surface area contributed by atoms with Gasteiger partial charge in [-0.05, 0) is 31.7 Å². The Kier molecular flexibility index (Phi) is 7.14. The van der Waals surface area contributed by atoms with Crippen molar-refractivity contribution in [2.24, 2.45) is 11.8 Å².